The molecule has 10 heteroatoms. The Bertz CT molecular complexity index is 1270. The number of phenols is 1. The summed E-state index contributed by atoms with van der Waals surface area (Å²) < 4.78 is 0.952. The van der Waals surface area contributed by atoms with Crippen LogP contribution < -0.4 is 0 Å². The first-order valence-electron chi connectivity index (χ1n) is 15.2. The lowest BCUT2D eigenvalue weighted by molar-refractivity contribution is 0.117. The number of phenolic OH excluding ortho intramolecular Hbond substituents is 1. The Kier molecular flexibility index (Phi) is 11.9. The highest BCUT2D eigenvalue weighted by atomic mass is 32.9. The van der Waals surface area contributed by atoms with Crippen LogP contribution in [0.5, 0.6) is 5.75 Å². The van der Waals surface area contributed by atoms with Gasteiger partial charge in [-0.2, -0.15) is 0 Å². The molecule has 2 aliphatic rings. The predicted molar refractivity (Wildman–Crippen MR) is 176 cm³/mol. The van der Waals surface area contributed by atoms with Crippen LogP contribution in [0.25, 0.3) is 10.4 Å². The third kappa shape index (κ3) is 8.46. The molecule has 2 aromatic carbocycles. The van der Waals surface area contributed by atoms with E-state index in [-0.39, 0.29) is 13.2 Å². The summed E-state index contributed by atoms with van der Waals surface area (Å²) in [6, 6.07) is 14.9. The first-order valence-corrected chi connectivity index (χ1v) is 17.7. The summed E-state index contributed by atoms with van der Waals surface area (Å²) in [6.07, 6.45) is 2.45. The van der Waals surface area contributed by atoms with Crippen LogP contribution in [-0.2, 0) is 19.5 Å². The fraction of sp³-hybridized carbons (Fsp3) is 0.531. The van der Waals surface area contributed by atoms with Crippen LogP contribution in [0, 0.1) is 3.82 Å². The topological polar surface area (TPSA) is 73.7 Å². The van der Waals surface area contributed by atoms with Gasteiger partial charge in [0.05, 0.1) is 4.88 Å². The largest absolute Gasteiger partial charge is 0.507 e. The van der Waals surface area contributed by atoms with Crippen molar-refractivity contribution in [1.82, 2.24) is 19.6 Å². The molecule has 0 atom stereocenters. The van der Waals surface area contributed by atoms with Gasteiger partial charge in [0.1, 0.15) is 9.57 Å². The standard InChI is InChI=1S/C32H44N4O3S3/c37-18-4-8-33-10-14-35(15-11-33)23-27-21-26(31-29(32(40)42-41-31)20-25-6-2-1-3-7-25)22-28(30(27)39)24-36-16-12-34(13-17-36)9-5-19-38/h1-3,6-7,21-22,37-39H,4-5,8-20,23-24H2. The van der Waals surface area contributed by atoms with E-state index >= 15 is 0 Å². The Morgan fingerprint density at radius 3 is 1.69 bits per heavy atom. The molecule has 2 saturated heterocycles. The van der Waals surface area contributed by atoms with E-state index in [9.17, 15) is 15.3 Å². The van der Waals surface area contributed by atoms with Crippen molar-refractivity contribution < 1.29 is 15.3 Å². The zero-order chi connectivity index (χ0) is 29.3. The van der Waals surface area contributed by atoms with Crippen LogP contribution in [0.1, 0.15) is 35.1 Å². The average molecular weight is 629 g/mol. The molecule has 0 saturated carbocycles. The minimum atomic E-state index is 0.239. The van der Waals surface area contributed by atoms with Crippen LogP contribution in [0.2, 0.25) is 0 Å². The van der Waals surface area contributed by atoms with Crippen LogP contribution in [-0.4, -0.2) is 114 Å². The summed E-state index contributed by atoms with van der Waals surface area (Å²) in [6.45, 7) is 11.6. The smallest absolute Gasteiger partial charge is 0.124 e. The molecule has 42 heavy (non-hydrogen) atoms. The van der Waals surface area contributed by atoms with Gasteiger partial charge in [0.2, 0.25) is 0 Å². The maximum Gasteiger partial charge on any atom is 0.124 e. The monoisotopic (exact) mass is 628 g/mol. The molecule has 0 unspecified atom stereocenters. The molecule has 228 valence electrons. The number of aliphatic hydroxyl groups excluding tert-OH is 2. The average Bonchev–Trinajstić information content (AvgIpc) is 3.38. The van der Waals surface area contributed by atoms with E-state index in [1.54, 1.807) is 20.7 Å². The molecule has 3 N–H and O–H groups in total. The summed E-state index contributed by atoms with van der Waals surface area (Å²) >= 11 is 5.83. The van der Waals surface area contributed by atoms with E-state index in [1.165, 1.54) is 16.0 Å². The first kappa shape index (κ1) is 31.7. The van der Waals surface area contributed by atoms with Gasteiger partial charge in [-0.25, -0.2) is 0 Å². The van der Waals surface area contributed by atoms with Crippen molar-refractivity contribution in [2.75, 3.05) is 78.7 Å². The first-order chi connectivity index (χ1) is 20.5. The second-order valence-corrected chi connectivity index (χ2v) is 14.3. The number of aromatic hydroxyl groups is 1. The maximum atomic E-state index is 11.6. The number of piperazine rings is 2. The molecule has 2 fully saturated rings. The highest BCUT2D eigenvalue weighted by Gasteiger charge is 2.23. The van der Waals surface area contributed by atoms with E-state index in [0.717, 1.165) is 118 Å². The molecule has 0 aliphatic carbocycles. The lowest BCUT2D eigenvalue weighted by Crippen LogP contribution is -2.46. The molecule has 3 heterocycles. The van der Waals surface area contributed by atoms with E-state index in [0.29, 0.717) is 5.75 Å². The lowest BCUT2D eigenvalue weighted by Gasteiger charge is -2.35. The quantitative estimate of drug-likeness (QED) is 0.189. The zero-order valence-corrected chi connectivity index (χ0v) is 26.9. The van der Waals surface area contributed by atoms with Gasteiger partial charge in [0.15, 0.2) is 0 Å². The fourth-order valence-corrected chi connectivity index (χ4v) is 8.89. The van der Waals surface area contributed by atoms with Crippen molar-refractivity contribution in [2.45, 2.75) is 32.4 Å². The van der Waals surface area contributed by atoms with Gasteiger partial charge in [-0.05, 0) is 36.1 Å². The van der Waals surface area contributed by atoms with Crippen molar-refractivity contribution in [1.29, 1.82) is 0 Å². The third-order valence-electron chi connectivity index (χ3n) is 8.46. The lowest BCUT2D eigenvalue weighted by atomic mass is 9.98. The molecule has 0 bridgehead atoms. The number of aliphatic hydroxyl groups is 2. The molecular formula is C32H44N4O3S3. The molecule has 0 radical (unpaired) electrons. The SMILES string of the molecule is OCCCN1CCN(Cc2cc(-c3ssc(=S)c3Cc3ccccc3)cc(CN3CCN(CCCO)CC3)c2O)CC1. The molecule has 1 aromatic heterocycles. The van der Waals surface area contributed by atoms with E-state index < -0.39 is 0 Å². The van der Waals surface area contributed by atoms with Crippen LogP contribution >= 0.6 is 32.9 Å². The molecular weight excluding hydrogens is 585 g/mol. The van der Waals surface area contributed by atoms with Gasteiger partial charge in [-0.3, -0.25) is 9.80 Å². The molecule has 0 spiro atoms. The van der Waals surface area contributed by atoms with Crippen LogP contribution in [0.15, 0.2) is 42.5 Å². The Morgan fingerprint density at radius 1 is 0.690 bits per heavy atom. The predicted octanol–water partition coefficient (Wildman–Crippen LogP) is 4.50. The Morgan fingerprint density at radius 2 is 1.19 bits per heavy atom. The number of hydrogen-bond donors (Lipinski definition) is 3. The number of rotatable bonds is 13. The number of nitrogens with zero attached hydrogens (tertiary/aromatic N) is 4. The van der Waals surface area contributed by atoms with Crippen molar-refractivity contribution in [3.8, 4) is 16.2 Å². The third-order valence-corrected chi connectivity index (χ3v) is 11.7. The summed E-state index contributed by atoms with van der Waals surface area (Å²) in [5.41, 5.74) is 5.60. The second kappa shape index (κ2) is 15.8. The van der Waals surface area contributed by atoms with Gasteiger partial charge >= 0.3 is 0 Å². The van der Waals surface area contributed by atoms with Crippen molar-refractivity contribution in [2.24, 2.45) is 0 Å². The minimum absolute atomic E-state index is 0.239. The normalized spacial score (nSPS) is 17.7. The molecule has 0 amide bonds. The Balaban J connectivity index is 1.39. The van der Waals surface area contributed by atoms with E-state index in [2.05, 4.69) is 56.0 Å². The van der Waals surface area contributed by atoms with Crippen LogP contribution in [0.4, 0.5) is 0 Å². The number of benzene rings is 2. The molecule has 5 rings (SSSR count). The maximum absolute atomic E-state index is 11.6. The van der Waals surface area contributed by atoms with Gasteiger partial charge in [-0.15, -0.1) is 0 Å². The molecule has 7 nitrogen and oxygen atoms in total. The molecule has 2 aliphatic heterocycles. The van der Waals surface area contributed by atoms with Gasteiger partial charge < -0.3 is 25.1 Å². The van der Waals surface area contributed by atoms with Gasteiger partial charge in [-0.1, -0.05) is 63.2 Å². The van der Waals surface area contributed by atoms with E-state index in [4.69, 9.17) is 12.2 Å². The highest BCUT2D eigenvalue weighted by Crippen LogP contribution is 2.40. The summed E-state index contributed by atoms with van der Waals surface area (Å²) in [5.74, 6) is 0.424. The second-order valence-electron chi connectivity index (χ2n) is 11.5. The van der Waals surface area contributed by atoms with Crippen molar-refractivity contribution >= 4 is 32.9 Å². The number of hydrogen-bond acceptors (Lipinski definition) is 10. The summed E-state index contributed by atoms with van der Waals surface area (Å²) in [7, 11) is 3.43. The highest BCUT2D eigenvalue weighted by molar-refractivity contribution is 7.80. The van der Waals surface area contributed by atoms with Gasteiger partial charge in [0.25, 0.3) is 0 Å². The molecule has 3 aromatic rings. The van der Waals surface area contributed by atoms with E-state index in [1.807, 2.05) is 6.07 Å². The van der Waals surface area contributed by atoms with Crippen molar-refractivity contribution in [3.63, 3.8) is 0 Å². The fourth-order valence-electron chi connectivity index (χ4n) is 5.99. The Hall–Kier alpha value is -1.73. The summed E-state index contributed by atoms with van der Waals surface area (Å²) in [5, 5.41) is 30.0. The van der Waals surface area contributed by atoms with Crippen molar-refractivity contribution in [3.05, 3.63) is 68.5 Å². The van der Waals surface area contributed by atoms with Gasteiger partial charge in [0, 0.05) is 115 Å². The minimum Gasteiger partial charge on any atom is -0.507 e. The Labute approximate surface area is 262 Å². The zero-order valence-electron chi connectivity index (χ0n) is 24.4. The van der Waals surface area contributed by atoms with Crippen LogP contribution in [0.3, 0.4) is 0 Å². The summed E-state index contributed by atoms with van der Waals surface area (Å²) in [4.78, 5) is 10.9.